The molecule has 1 fully saturated rings. The van der Waals surface area contributed by atoms with Gasteiger partial charge in [-0.2, -0.15) is 0 Å². The lowest BCUT2D eigenvalue weighted by Gasteiger charge is -2.21. The maximum atomic E-state index is 12.2. The lowest BCUT2D eigenvalue weighted by atomic mass is 10.2. The number of hydrogen-bond acceptors (Lipinski definition) is 4. The van der Waals surface area contributed by atoms with Crippen molar-refractivity contribution in [1.29, 1.82) is 0 Å². The van der Waals surface area contributed by atoms with Gasteiger partial charge in [0.2, 0.25) is 10.0 Å². The van der Waals surface area contributed by atoms with Gasteiger partial charge in [-0.3, -0.25) is 4.79 Å². The van der Waals surface area contributed by atoms with Crippen LogP contribution in [0.2, 0.25) is 0 Å². The van der Waals surface area contributed by atoms with Crippen molar-refractivity contribution in [3.63, 3.8) is 0 Å². The van der Waals surface area contributed by atoms with Gasteiger partial charge in [-0.05, 0) is 32.4 Å². The fraction of sp³-hybridized carbons (Fsp3) is 0.562. The van der Waals surface area contributed by atoms with E-state index in [0.717, 1.165) is 5.56 Å². The molecule has 1 amide bonds. The second-order valence-electron chi connectivity index (χ2n) is 5.64. The fourth-order valence-electron chi connectivity index (χ4n) is 2.47. The normalized spacial score (nSPS) is 16.9. The van der Waals surface area contributed by atoms with Gasteiger partial charge < -0.3 is 9.64 Å². The number of nitrogens with zero attached hydrogens (tertiary/aromatic N) is 2. The van der Waals surface area contributed by atoms with E-state index in [-0.39, 0.29) is 18.3 Å². The maximum absolute atomic E-state index is 12.2. The Morgan fingerprint density at radius 1 is 1.13 bits per heavy atom. The summed E-state index contributed by atoms with van der Waals surface area (Å²) in [6.45, 7) is 5.40. The molecule has 2 rings (SSSR count). The van der Waals surface area contributed by atoms with Crippen LogP contribution in [0.15, 0.2) is 24.3 Å². The predicted octanol–water partition coefficient (Wildman–Crippen LogP) is 1.26. The van der Waals surface area contributed by atoms with Crippen LogP contribution in [0.1, 0.15) is 18.9 Å². The average molecular weight is 340 g/mol. The van der Waals surface area contributed by atoms with E-state index < -0.39 is 10.0 Å². The third-order valence-electron chi connectivity index (χ3n) is 3.95. The third-order valence-corrected chi connectivity index (χ3v) is 5.83. The van der Waals surface area contributed by atoms with Crippen molar-refractivity contribution in [2.24, 2.45) is 0 Å². The van der Waals surface area contributed by atoms with Crippen LogP contribution < -0.4 is 4.74 Å². The summed E-state index contributed by atoms with van der Waals surface area (Å²) >= 11 is 0. The fourth-order valence-corrected chi connectivity index (χ4v) is 3.61. The first-order valence-electron chi connectivity index (χ1n) is 7.87. The van der Waals surface area contributed by atoms with Gasteiger partial charge in [-0.25, -0.2) is 12.7 Å². The van der Waals surface area contributed by atoms with Gasteiger partial charge in [-0.1, -0.05) is 17.7 Å². The van der Waals surface area contributed by atoms with Crippen molar-refractivity contribution < 1.29 is 17.9 Å². The molecule has 1 aliphatic rings. The molecule has 0 unspecified atom stereocenters. The molecule has 0 aliphatic carbocycles. The highest BCUT2D eigenvalue weighted by Crippen LogP contribution is 2.12. The van der Waals surface area contributed by atoms with Gasteiger partial charge in [0.05, 0.1) is 5.75 Å². The van der Waals surface area contributed by atoms with Crippen molar-refractivity contribution in [2.75, 3.05) is 38.5 Å². The number of aryl methyl sites for hydroxylation is 1. The Bertz CT molecular complexity index is 628. The zero-order chi connectivity index (χ0) is 16.9. The summed E-state index contributed by atoms with van der Waals surface area (Å²) in [7, 11) is -3.19. The number of rotatable bonds is 5. The quantitative estimate of drug-likeness (QED) is 0.809. The standard InChI is InChI=1S/C16H24N2O4S/c1-3-23(20,21)18-10-4-9-17(11-12-18)16(19)13-22-15-7-5-14(2)6-8-15/h5-8H,3-4,9-13H2,1-2H3. The molecule has 0 bridgehead atoms. The van der Waals surface area contributed by atoms with Crippen LogP contribution in [0.3, 0.4) is 0 Å². The van der Waals surface area contributed by atoms with E-state index in [1.807, 2.05) is 31.2 Å². The first-order valence-corrected chi connectivity index (χ1v) is 9.48. The summed E-state index contributed by atoms with van der Waals surface area (Å²) in [6.07, 6.45) is 0.648. The SMILES string of the molecule is CCS(=O)(=O)N1CCCN(C(=O)COc2ccc(C)cc2)CC1. The van der Waals surface area contributed by atoms with Gasteiger partial charge in [0.1, 0.15) is 5.75 Å². The molecule has 6 nitrogen and oxygen atoms in total. The minimum absolute atomic E-state index is 0.0242. The zero-order valence-electron chi connectivity index (χ0n) is 13.7. The van der Waals surface area contributed by atoms with Crippen molar-refractivity contribution in [3.05, 3.63) is 29.8 Å². The van der Waals surface area contributed by atoms with E-state index in [9.17, 15) is 13.2 Å². The summed E-state index contributed by atoms with van der Waals surface area (Å²) in [6, 6.07) is 7.53. The van der Waals surface area contributed by atoms with Crippen molar-refractivity contribution >= 4 is 15.9 Å². The number of hydrogen-bond donors (Lipinski definition) is 0. The lowest BCUT2D eigenvalue weighted by molar-refractivity contribution is -0.133. The van der Waals surface area contributed by atoms with Crippen molar-refractivity contribution in [2.45, 2.75) is 20.3 Å². The number of amides is 1. The van der Waals surface area contributed by atoms with E-state index in [4.69, 9.17) is 4.74 Å². The molecule has 0 saturated carbocycles. The molecular weight excluding hydrogens is 316 g/mol. The largest absolute Gasteiger partial charge is 0.484 e. The number of carbonyl (C=O) groups excluding carboxylic acids is 1. The minimum Gasteiger partial charge on any atom is -0.484 e. The number of carbonyl (C=O) groups is 1. The van der Waals surface area contributed by atoms with Crippen LogP contribution in [0.4, 0.5) is 0 Å². The Morgan fingerprint density at radius 3 is 2.48 bits per heavy atom. The van der Waals surface area contributed by atoms with Crippen LogP contribution in [-0.4, -0.2) is 62.1 Å². The Balaban J connectivity index is 1.87. The van der Waals surface area contributed by atoms with E-state index in [1.54, 1.807) is 11.8 Å². The summed E-state index contributed by atoms with van der Waals surface area (Å²) < 4.78 is 30.8. The third kappa shape index (κ3) is 4.94. The second-order valence-corrected chi connectivity index (χ2v) is 7.89. The monoisotopic (exact) mass is 340 g/mol. The summed E-state index contributed by atoms with van der Waals surface area (Å²) in [4.78, 5) is 13.9. The molecule has 0 radical (unpaired) electrons. The molecule has 1 saturated heterocycles. The first kappa shape index (κ1) is 17.7. The first-order chi connectivity index (χ1) is 10.9. The molecule has 1 aromatic carbocycles. The van der Waals surface area contributed by atoms with E-state index >= 15 is 0 Å². The summed E-state index contributed by atoms with van der Waals surface area (Å²) in [5.41, 5.74) is 1.13. The Morgan fingerprint density at radius 2 is 1.83 bits per heavy atom. The van der Waals surface area contributed by atoms with Gasteiger partial charge in [0, 0.05) is 26.2 Å². The van der Waals surface area contributed by atoms with E-state index in [0.29, 0.717) is 38.3 Å². The van der Waals surface area contributed by atoms with Crippen LogP contribution >= 0.6 is 0 Å². The molecule has 1 aliphatic heterocycles. The molecule has 23 heavy (non-hydrogen) atoms. The smallest absolute Gasteiger partial charge is 0.260 e. The molecule has 0 aromatic heterocycles. The molecule has 7 heteroatoms. The molecule has 128 valence electrons. The molecule has 0 atom stereocenters. The minimum atomic E-state index is -3.19. The highest BCUT2D eigenvalue weighted by Gasteiger charge is 2.25. The van der Waals surface area contributed by atoms with Crippen LogP contribution in [0.5, 0.6) is 5.75 Å². The molecule has 1 aromatic rings. The molecular formula is C16H24N2O4S. The van der Waals surface area contributed by atoms with Gasteiger partial charge >= 0.3 is 0 Å². The maximum Gasteiger partial charge on any atom is 0.260 e. The highest BCUT2D eigenvalue weighted by atomic mass is 32.2. The summed E-state index contributed by atoms with van der Waals surface area (Å²) in [5.74, 6) is 0.646. The van der Waals surface area contributed by atoms with E-state index in [2.05, 4.69) is 0 Å². The van der Waals surface area contributed by atoms with Crippen LogP contribution in [0, 0.1) is 6.92 Å². The van der Waals surface area contributed by atoms with Crippen molar-refractivity contribution in [1.82, 2.24) is 9.21 Å². The van der Waals surface area contributed by atoms with Gasteiger partial charge in [-0.15, -0.1) is 0 Å². The predicted molar refractivity (Wildman–Crippen MR) is 88.9 cm³/mol. The molecule has 0 N–H and O–H groups in total. The Labute approximate surface area is 138 Å². The van der Waals surface area contributed by atoms with Gasteiger partial charge in [0.15, 0.2) is 6.61 Å². The highest BCUT2D eigenvalue weighted by molar-refractivity contribution is 7.89. The Hall–Kier alpha value is -1.60. The molecule has 0 spiro atoms. The van der Waals surface area contributed by atoms with Crippen molar-refractivity contribution in [3.8, 4) is 5.75 Å². The average Bonchev–Trinajstić information content (AvgIpc) is 2.80. The topological polar surface area (TPSA) is 66.9 Å². The second kappa shape index (κ2) is 7.79. The van der Waals surface area contributed by atoms with Crippen LogP contribution in [-0.2, 0) is 14.8 Å². The number of benzene rings is 1. The Kier molecular flexibility index (Phi) is 6.01. The lowest BCUT2D eigenvalue weighted by Crippen LogP contribution is -2.39. The van der Waals surface area contributed by atoms with E-state index in [1.165, 1.54) is 4.31 Å². The molecule has 1 heterocycles. The summed E-state index contributed by atoms with van der Waals surface area (Å²) in [5, 5.41) is 0. The number of sulfonamides is 1. The number of ether oxygens (including phenoxy) is 1. The van der Waals surface area contributed by atoms with Gasteiger partial charge in [0.25, 0.3) is 5.91 Å². The van der Waals surface area contributed by atoms with Crippen LogP contribution in [0.25, 0.3) is 0 Å². The zero-order valence-corrected chi connectivity index (χ0v) is 14.5.